The third kappa shape index (κ3) is 4.02. The minimum Gasteiger partial charge on any atom is -0.274 e. The second-order valence-corrected chi connectivity index (χ2v) is 4.70. The zero-order chi connectivity index (χ0) is 11.3. The van der Waals surface area contributed by atoms with Gasteiger partial charge in [-0.3, -0.25) is 5.01 Å². The minimum atomic E-state index is 0.415. The van der Waals surface area contributed by atoms with Gasteiger partial charge in [-0.1, -0.05) is 11.3 Å². The van der Waals surface area contributed by atoms with E-state index in [1.54, 1.807) is 0 Å². The van der Waals surface area contributed by atoms with Crippen molar-refractivity contribution in [1.29, 1.82) is 0 Å². The van der Waals surface area contributed by atoms with E-state index in [2.05, 4.69) is 49.1 Å². The van der Waals surface area contributed by atoms with E-state index in [0.717, 1.165) is 18.5 Å². The van der Waals surface area contributed by atoms with Crippen molar-refractivity contribution >= 4 is 0 Å². The first-order valence-electron chi connectivity index (χ1n) is 6.00. The predicted octanol–water partition coefficient (Wildman–Crippen LogP) is 3.93. The van der Waals surface area contributed by atoms with E-state index in [-0.39, 0.29) is 0 Å². The zero-order valence-electron chi connectivity index (χ0n) is 10.4. The summed E-state index contributed by atoms with van der Waals surface area (Å²) in [5.41, 5.74) is 1.16. The second-order valence-electron chi connectivity index (χ2n) is 4.70. The molecule has 1 rings (SSSR count). The molecule has 0 fully saturated rings. The fraction of sp³-hybridized carbons (Fsp3) is 0.833. The Morgan fingerprint density at radius 2 is 1.80 bits per heavy atom. The molecule has 0 N–H and O–H groups in total. The number of hydrogen-bond acceptors (Lipinski definition) is 2. The molecule has 0 aliphatic heterocycles. The van der Waals surface area contributed by atoms with E-state index in [4.69, 9.17) is 0 Å². The quantitative estimate of drug-likeness (QED) is 0.509. The molecule has 0 bridgehead atoms. The predicted molar refractivity (Wildman–Crippen MR) is 63.5 cm³/mol. The molecule has 0 amide bonds. The van der Waals surface area contributed by atoms with Crippen molar-refractivity contribution in [3.63, 3.8) is 0 Å². The maximum Gasteiger partial charge on any atom is 0.0608 e. The van der Waals surface area contributed by atoms with Gasteiger partial charge in [0, 0.05) is 12.1 Å². The topological polar surface area (TPSA) is 28.0 Å². The van der Waals surface area contributed by atoms with Gasteiger partial charge in [0.2, 0.25) is 0 Å². The maximum atomic E-state index is 4.34. The molecule has 0 saturated carbocycles. The SMILES string of the molecule is CC(C)N(/N=N/C1=CCCCC1)C(C)C. The van der Waals surface area contributed by atoms with Gasteiger partial charge in [-0.25, -0.2) is 0 Å². The van der Waals surface area contributed by atoms with Crippen LogP contribution in [0.5, 0.6) is 0 Å². The molecular weight excluding hydrogens is 186 g/mol. The third-order valence-corrected chi connectivity index (χ3v) is 2.60. The van der Waals surface area contributed by atoms with Crippen LogP contribution in [0.25, 0.3) is 0 Å². The molecule has 86 valence electrons. The number of hydrogen-bond donors (Lipinski definition) is 0. The largest absolute Gasteiger partial charge is 0.274 e. The van der Waals surface area contributed by atoms with Crippen LogP contribution in [0.1, 0.15) is 53.4 Å². The number of nitrogens with zero attached hydrogens (tertiary/aromatic N) is 3. The van der Waals surface area contributed by atoms with E-state index in [1.165, 1.54) is 12.8 Å². The monoisotopic (exact) mass is 209 g/mol. The molecule has 0 radical (unpaired) electrons. The highest BCUT2D eigenvalue weighted by Crippen LogP contribution is 2.19. The van der Waals surface area contributed by atoms with Crippen molar-refractivity contribution in [1.82, 2.24) is 5.01 Å². The molecule has 0 aromatic heterocycles. The summed E-state index contributed by atoms with van der Waals surface area (Å²) in [5.74, 6) is 0. The molecule has 1 aliphatic carbocycles. The number of allylic oxidation sites excluding steroid dienone is 2. The van der Waals surface area contributed by atoms with E-state index in [1.807, 2.05) is 0 Å². The Labute approximate surface area is 93.2 Å². The summed E-state index contributed by atoms with van der Waals surface area (Å²) in [6.45, 7) is 8.59. The number of rotatable bonds is 4. The van der Waals surface area contributed by atoms with Crippen molar-refractivity contribution < 1.29 is 0 Å². The van der Waals surface area contributed by atoms with E-state index in [9.17, 15) is 0 Å². The van der Waals surface area contributed by atoms with Gasteiger partial charge < -0.3 is 0 Å². The Morgan fingerprint density at radius 1 is 1.13 bits per heavy atom. The third-order valence-electron chi connectivity index (χ3n) is 2.60. The van der Waals surface area contributed by atoms with Gasteiger partial charge in [0.15, 0.2) is 0 Å². The van der Waals surface area contributed by atoms with Crippen LogP contribution in [0.3, 0.4) is 0 Å². The van der Waals surface area contributed by atoms with Gasteiger partial charge in [-0.05, 0) is 53.4 Å². The summed E-state index contributed by atoms with van der Waals surface area (Å²) < 4.78 is 0. The van der Waals surface area contributed by atoms with Gasteiger partial charge >= 0.3 is 0 Å². The summed E-state index contributed by atoms with van der Waals surface area (Å²) in [4.78, 5) is 0. The van der Waals surface area contributed by atoms with Crippen molar-refractivity contribution in [3.05, 3.63) is 11.8 Å². The molecule has 0 aromatic carbocycles. The van der Waals surface area contributed by atoms with Crippen molar-refractivity contribution in [2.45, 2.75) is 65.5 Å². The van der Waals surface area contributed by atoms with Crippen LogP contribution in [-0.2, 0) is 0 Å². The van der Waals surface area contributed by atoms with Crippen LogP contribution in [0, 0.1) is 0 Å². The molecule has 0 atom stereocenters. The smallest absolute Gasteiger partial charge is 0.0608 e. The minimum absolute atomic E-state index is 0.415. The lowest BCUT2D eigenvalue weighted by Gasteiger charge is -2.26. The van der Waals surface area contributed by atoms with Gasteiger partial charge in [-0.15, -0.1) is 5.11 Å². The average Bonchev–Trinajstić information content (AvgIpc) is 2.18. The van der Waals surface area contributed by atoms with Crippen LogP contribution >= 0.6 is 0 Å². The first-order chi connectivity index (χ1) is 7.11. The fourth-order valence-electron chi connectivity index (χ4n) is 1.82. The highest BCUT2D eigenvalue weighted by atomic mass is 15.6. The van der Waals surface area contributed by atoms with Crippen molar-refractivity contribution in [2.75, 3.05) is 0 Å². The summed E-state index contributed by atoms with van der Waals surface area (Å²) in [6, 6.07) is 0.830. The van der Waals surface area contributed by atoms with Crippen LogP contribution in [0.15, 0.2) is 22.1 Å². The summed E-state index contributed by atoms with van der Waals surface area (Å²) in [5, 5.41) is 10.7. The van der Waals surface area contributed by atoms with Crippen molar-refractivity contribution in [2.24, 2.45) is 10.3 Å². The second kappa shape index (κ2) is 5.89. The molecule has 0 aromatic rings. The first kappa shape index (κ1) is 12.2. The Hall–Kier alpha value is -0.860. The molecule has 0 unspecified atom stereocenters. The Kier molecular flexibility index (Phi) is 4.79. The lowest BCUT2D eigenvalue weighted by atomic mass is 10.1. The van der Waals surface area contributed by atoms with Gasteiger partial charge in [0.05, 0.1) is 5.70 Å². The van der Waals surface area contributed by atoms with E-state index in [0.29, 0.717) is 12.1 Å². The fourth-order valence-corrected chi connectivity index (χ4v) is 1.82. The lowest BCUT2D eigenvalue weighted by Crippen LogP contribution is -2.31. The average molecular weight is 209 g/mol. The summed E-state index contributed by atoms with van der Waals surface area (Å²) in [6.07, 6.45) is 7.03. The maximum absolute atomic E-state index is 4.34. The van der Waals surface area contributed by atoms with Crippen molar-refractivity contribution in [3.8, 4) is 0 Å². The van der Waals surface area contributed by atoms with Gasteiger partial charge in [-0.2, -0.15) is 0 Å². The molecule has 3 nitrogen and oxygen atoms in total. The first-order valence-corrected chi connectivity index (χ1v) is 6.00. The molecule has 0 saturated heterocycles. The molecule has 0 spiro atoms. The highest BCUT2D eigenvalue weighted by Gasteiger charge is 2.11. The van der Waals surface area contributed by atoms with Crippen LogP contribution < -0.4 is 0 Å². The Morgan fingerprint density at radius 3 is 2.27 bits per heavy atom. The van der Waals surface area contributed by atoms with E-state index >= 15 is 0 Å². The summed E-state index contributed by atoms with van der Waals surface area (Å²) >= 11 is 0. The normalized spacial score (nSPS) is 17.6. The standard InChI is InChI=1S/C12H23N3/c1-10(2)15(11(3)4)14-13-12-8-6-5-7-9-12/h8,10-11H,5-7,9H2,1-4H3/b14-13+. The van der Waals surface area contributed by atoms with E-state index < -0.39 is 0 Å². The Balaban J connectivity index is 2.56. The van der Waals surface area contributed by atoms with Crippen LogP contribution in [-0.4, -0.2) is 17.1 Å². The molecule has 0 heterocycles. The molecule has 15 heavy (non-hydrogen) atoms. The zero-order valence-corrected chi connectivity index (χ0v) is 10.4. The lowest BCUT2D eigenvalue weighted by molar-refractivity contribution is 0.168. The van der Waals surface area contributed by atoms with Crippen LogP contribution in [0.2, 0.25) is 0 Å². The molecule has 3 heteroatoms. The molecular formula is C12H23N3. The molecule has 1 aliphatic rings. The highest BCUT2D eigenvalue weighted by molar-refractivity contribution is 5.01. The van der Waals surface area contributed by atoms with Gasteiger partial charge in [0.25, 0.3) is 0 Å². The summed E-state index contributed by atoms with van der Waals surface area (Å²) in [7, 11) is 0. The van der Waals surface area contributed by atoms with Crippen LogP contribution in [0.4, 0.5) is 0 Å². The Bertz CT molecular complexity index is 233. The van der Waals surface area contributed by atoms with Gasteiger partial charge in [0.1, 0.15) is 0 Å².